The van der Waals surface area contributed by atoms with Crippen molar-refractivity contribution in [2.75, 3.05) is 19.9 Å². The number of rotatable bonds is 8. The van der Waals surface area contributed by atoms with Gasteiger partial charge in [-0.15, -0.1) is 0 Å². The first kappa shape index (κ1) is 24.1. The number of ether oxygens (including phenoxy) is 3. The molecule has 0 saturated carbocycles. The summed E-state index contributed by atoms with van der Waals surface area (Å²) in [4.78, 5) is 39.0. The van der Waals surface area contributed by atoms with E-state index >= 15 is 0 Å². The maximum atomic E-state index is 12.7. The summed E-state index contributed by atoms with van der Waals surface area (Å²) in [6, 6.07) is 10.2. The highest BCUT2D eigenvalue weighted by atomic mass is 16.7. The molecule has 4 rings (SSSR count). The van der Waals surface area contributed by atoms with Crippen molar-refractivity contribution < 1.29 is 33.0 Å². The molecule has 0 saturated heterocycles. The number of likely N-dealkylation sites (N-methyl/N-ethyl adjacent to an activating group) is 1. The summed E-state index contributed by atoms with van der Waals surface area (Å²) >= 11 is 0. The van der Waals surface area contributed by atoms with Crippen molar-refractivity contribution >= 4 is 34.2 Å². The van der Waals surface area contributed by atoms with E-state index in [-0.39, 0.29) is 42.0 Å². The predicted octanol–water partition coefficient (Wildman–Crippen LogP) is 4.78. The summed E-state index contributed by atoms with van der Waals surface area (Å²) in [7, 11) is 0. The Kier molecular flexibility index (Phi) is 6.91. The van der Waals surface area contributed by atoms with Gasteiger partial charge in [-0.2, -0.15) is 0 Å². The number of furan rings is 1. The van der Waals surface area contributed by atoms with Crippen LogP contribution >= 0.6 is 0 Å². The molecule has 0 aliphatic carbocycles. The second-order valence-electron chi connectivity index (χ2n) is 8.20. The number of esters is 1. The highest BCUT2D eigenvalue weighted by Gasteiger charge is 2.20. The van der Waals surface area contributed by atoms with Gasteiger partial charge in [-0.1, -0.05) is 12.1 Å². The zero-order valence-electron chi connectivity index (χ0n) is 20.2. The fourth-order valence-electron chi connectivity index (χ4n) is 3.96. The molecule has 1 amide bonds. The SMILES string of the molecule is CCN(CC)C(=O)C=C(C)c1ccc(OC(=O)Cc2ccc3c(c2)OCO3)c2oc(C(C)=O)cc12. The largest absolute Gasteiger partial charge is 0.454 e. The first-order chi connectivity index (χ1) is 16.8. The molecule has 0 radical (unpaired) electrons. The van der Waals surface area contributed by atoms with Gasteiger partial charge in [0.15, 0.2) is 34.4 Å². The lowest BCUT2D eigenvalue weighted by Gasteiger charge is -2.17. The first-order valence-corrected chi connectivity index (χ1v) is 11.4. The average molecular weight is 478 g/mol. The molecule has 0 atom stereocenters. The monoisotopic (exact) mass is 477 g/mol. The summed E-state index contributed by atoms with van der Waals surface area (Å²) in [6.07, 6.45) is 1.57. The number of ketones is 1. The molecule has 2 heterocycles. The fourth-order valence-corrected chi connectivity index (χ4v) is 3.96. The zero-order chi connectivity index (χ0) is 25.1. The molecule has 1 aliphatic rings. The van der Waals surface area contributed by atoms with Gasteiger partial charge >= 0.3 is 5.97 Å². The van der Waals surface area contributed by atoms with Crippen LogP contribution in [0, 0.1) is 0 Å². The minimum atomic E-state index is -0.498. The maximum Gasteiger partial charge on any atom is 0.315 e. The Labute approximate surface area is 203 Å². The lowest BCUT2D eigenvalue weighted by molar-refractivity contribution is -0.133. The highest BCUT2D eigenvalue weighted by Crippen LogP contribution is 2.36. The van der Waals surface area contributed by atoms with Gasteiger partial charge in [-0.3, -0.25) is 14.4 Å². The molecule has 8 heteroatoms. The van der Waals surface area contributed by atoms with E-state index in [1.54, 1.807) is 47.4 Å². The molecule has 0 N–H and O–H groups in total. The predicted molar refractivity (Wildman–Crippen MR) is 130 cm³/mol. The van der Waals surface area contributed by atoms with Crippen LogP contribution in [0.4, 0.5) is 0 Å². The molecule has 0 fully saturated rings. The zero-order valence-corrected chi connectivity index (χ0v) is 20.2. The van der Waals surface area contributed by atoms with Crippen molar-refractivity contribution in [1.29, 1.82) is 0 Å². The number of benzene rings is 2. The van der Waals surface area contributed by atoms with Crippen molar-refractivity contribution in [3.63, 3.8) is 0 Å². The van der Waals surface area contributed by atoms with E-state index in [1.165, 1.54) is 6.92 Å². The van der Waals surface area contributed by atoms with Gasteiger partial charge in [-0.25, -0.2) is 0 Å². The molecule has 2 aromatic carbocycles. The van der Waals surface area contributed by atoms with Gasteiger partial charge < -0.3 is 23.5 Å². The summed E-state index contributed by atoms with van der Waals surface area (Å²) in [5, 5.41) is 0.588. The van der Waals surface area contributed by atoms with Crippen LogP contribution in [-0.4, -0.2) is 42.4 Å². The van der Waals surface area contributed by atoms with Crippen molar-refractivity contribution in [2.45, 2.75) is 34.1 Å². The smallest absolute Gasteiger partial charge is 0.315 e. The summed E-state index contributed by atoms with van der Waals surface area (Å²) in [5.41, 5.74) is 2.41. The molecule has 0 bridgehead atoms. The number of allylic oxidation sites excluding steroid dienone is 1. The van der Waals surface area contributed by atoms with Gasteiger partial charge in [0.2, 0.25) is 12.7 Å². The molecule has 8 nitrogen and oxygen atoms in total. The number of nitrogens with zero attached hydrogens (tertiary/aromatic N) is 1. The van der Waals surface area contributed by atoms with Gasteiger partial charge in [0.1, 0.15) is 0 Å². The third-order valence-corrected chi connectivity index (χ3v) is 5.84. The van der Waals surface area contributed by atoms with Crippen LogP contribution in [0.2, 0.25) is 0 Å². The minimum absolute atomic E-state index is 0.0114. The van der Waals surface area contributed by atoms with Crippen molar-refractivity contribution in [2.24, 2.45) is 0 Å². The van der Waals surface area contributed by atoms with Crippen LogP contribution in [0.3, 0.4) is 0 Å². The lowest BCUT2D eigenvalue weighted by atomic mass is 10.0. The fraction of sp³-hybridized carbons (Fsp3) is 0.296. The number of hydrogen-bond donors (Lipinski definition) is 0. The Bertz CT molecular complexity index is 1330. The second-order valence-corrected chi connectivity index (χ2v) is 8.20. The van der Waals surface area contributed by atoms with Crippen molar-refractivity contribution in [3.8, 4) is 17.2 Å². The van der Waals surface area contributed by atoms with Gasteiger partial charge in [-0.05, 0) is 61.7 Å². The minimum Gasteiger partial charge on any atom is -0.454 e. The van der Waals surface area contributed by atoms with Gasteiger partial charge in [0.25, 0.3) is 0 Å². The normalized spacial score (nSPS) is 12.6. The van der Waals surface area contributed by atoms with Crippen LogP contribution < -0.4 is 14.2 Å². The molecular formula is C27H27NO7. The Morgan fingerprint density at radius 1 is 1.00 bits per heavy atom. The molecule has 1 aromatic heterocycles. The van der Waals surface area contributed by atoms with E-state index in [0.717, 1.165) is 0 Å². The Hall–Kier alpha value is -4.07. The molecule has 35 heavy (non-hydrogen) atoms. The standard InChI is InChI=1S/C27H27NO7/c1-5-28(6-2)25(30)11-16(3)19-8-10-22(27-20(19)14-23(35-27)17(4)29)34-26(31)13-18-7-9-21-24(12-18)33-15-32-21/h7-12,14H,5-6,13,15H2,1-4H3. The third kappa shape index (κ3) is 5.06. The third-order valence-electron chi connectivity index (χ3n) is 5.84. The molecule has 0 unspecified atom stereocenters. The van der Waals surface area contributed by atoms with Crippen molar-refractivity contribution in [1.82, 2.24) is 4.90 Å². The van der Waals surface area contributed by atoms with Crippen LogP contribution in [0.25, 0.3) is 16.5 Å². The lowest BCUT2D eigenvalue weighted by Crippen LogP contribution is -2.28. The molecular weight excluding hydrogens is 450 g/mol. The number of carbonyl (C=O) groups is 3. The quantitative estimate of drug-likeness (QED) is 0.199. The van der Waals surface area contributed by atoms with Crippen LogP contribution in [0.15, 0.2) is 46.9 Å². The molecule has 1 aliphatic heterocycles. The van der Waals surface area contributed by atoms with E-state index in [9.17, 15) is 14.4 Å². The van der Waals surface area contributed by atoms with Gasteiger partial charge in [0.05, 0.1) is 6.42 Å². The van der Waals surface area contributed by atoms with E-state index in [1.807, 2.05) is 20.8 Å². The summed E-state index contributed by atoms with van der Waals surface area (Å²) in [6.45, 7) is 8.42. The topological polar surface area (TPSA) is 95.3 Å². The summed E-state index contributed by atoms with van der Waals surface area (Å²) < 4.78 is 22.1. The second kappa shape index (κ2) is 10.0. The average Bonchev–Trinajstić information content (AvgIpc) is 3.47. The Balaban J connectivity index is 1.63. The molecule has 182 valence electrons. The van der Waals surface area contributed by atoms with Crippen LogP contribution in [0.1, 0.15) is 49.4 Å². The van der Waals surface area contributed by atoms with Gasteiger partial charge in [0, 0.05) is 31.5 Å². The Morgan fingerprint density at radius 2 is 1.74 bits per heavy atom. The number of fused-ring (bicyclic) bond motifs is 2. The number of hydrogen-bond acceptors (Lipinski definition) is 7. The number of Topliss-reactive ketones (excluding diaryl/α,β-unsaturated/α-hetero) is 1. The molecule has 3 aromatic rings. The summed E-state index contributed by atoms with van der Waals surface area (Å²) in [5.74, 6) is 0.701. The maximum absolute atomic E-state index is 12.7. The number of carbonyl (C=O) groups excluding carboxylic acids is 3. The van der Waals surface area contributed by atoms with Crippen molar-refractivity contribution in [3.05, 3.63) is 59.4 Å². The van der Waals surface area contributed by atoms with E-state index in [4.69, 9.17) is 18.6 Å². The highest BCUT2D eigenvalue weighted by molar-refractivity contribution is 6.04. The van der Waals surface area contributed by atoms with E-state index in [2.05, 4.69) is 0 Å². The van der Waals surface area contributed by atoms with Crippen LogP contribution in [0.5, 0.6) is 17.2 Å². The first-order valence-electron chi connectivity index (χ1n) is 11.4. The number of amides is 1. The van der Waals surface area contributed by atoms with E-state index in [0.29, 0.717) is 46.7 Å². The van der Waals surface area contributed by atoms with Crippen LogP contribution in [-0.2, 0) is 16.0 Å². The Morgan fingerprint density at radius 3 is 2.46 bits per heavy atom. The van der Waals surface area contributed by atoms with E-state index < -0.39 is 5.97 Å². The molecule has 0 spiro atoms.